The van der Waals surface area contributed by atoms with Crippen LogP contribution < -0.4 is 10.5 Å². The second-order valence-corrected chi connectivity index (χ2v) is 5.38. The minimum atomic E-state index is 0.293. The van der Waals surface area contributed by atoms with Crippen LogP contribution in [-0.4, -0.2) is 16.6 Å². The molecule has 0 aromatic carbocycles. The first-order valence-electron chi connectivity index (χ1n) is 5.96. The van der Waals surface area contributed by atoms with E-state index in [0.717, 1.165) is 16.8 Å². The summed E-state index contributed by atoms with van der Waals surface area (Å²) >= 11 is 1.56. The molecule has 0 aliphatic heterocycles. The Morgan fingerprint density at radius 1 is 1.35 bits per heavy atom. The molecule has 0 radical (unpaired) electrons. The number of nitrogens with two attached hydrogens (primary N) is 1. The van der Waals surface area contributed by atoms with Gasteiger partial charge in [0, 0.05) is 0 Å². The molecular formula is C12H15N3OS. The lowest BCUT2D eigenvalue weighted by Gasteiger charge is -2.11. The number of thiophene rings is 1. The highest BCUT2D eigenvalue weighted by Crippen LogP contribution is 2.30. The van der Waals surface area contributed by atoms with Crippen LogP contribution in [0.2, 0.25) is 0 Å². The molecule has 0 unspecified atom stereocenters. The third kappa shape index (κ3) is 2.20. The lowest BCUT2D eigenvalue weighted by molar-refractivity contribution is 0.246. The first kappa shape index (κ1) is 10.8. The quantitative estimate of drug-likeness (QED) is 0.908. The highest BCUT2D eigenvalue weighted by Gasteiger charge is 2.17. The minimum absolute atomic E-state index is 0.293. The number of hydrogen-bond donors (Lipinski definition) is 1. The van der Waals surface area contributed by atoms with Gasteiger partial charge in [-0.1, -0.05) is 12.8 Å². The van der Waals surface area contributed by atoms with E-state index in [2.05, 4.69) is 9.97 Å². The number of aromatic nitrogens is 2. The first-order valence-corrected chi connectivity index (χ1v) is 6.84. The third-order valence-electron chi connectivity index (χ3n) is 3.24. The van der Waals surface area contributed by atoms with Crippen LogP contribution in [0.15, 0.2) is 11.4 Å². The highest BCUT2D eigenvalue weighted by atomic mass is 32.1. The van der Waals surface area contributed by atoms with E-state index < -0.39 is 0 Å². The fourth-order valence-electron chi connectivity index (χ4n) is 2.33. The molecule has 2 aromatic heterocycles. The molecule has 2 aromatic rings. The predicted octanol–water partition coefficient (Wildman–Crippen LogP) is 2.84. The summed E-state index contributed by atoms with van der Waals surface area (Å²) in [5, 5.41) is 2.96. The molecule has 17 heavy (non-hydrogen) atoms. The molecule has 0 amide bonds. The van der Waals surface area contributed by atoms with Gasteiger partial charge in [0.1, 0.15) is 4.83 Å². The van der Waals surface area contributed by atoms with Gasteiger partial charge >= 0.3 is 0 Å². The molecule has 1 aliphatic rings. The average Bonchev–Trinajstić information content (AvgIpc) is 2.95. The van der Waals surface area contributed by atoms with Crippen LogP contribution >= 0.6 is 11.3 Å². The van der Waals surface area contributed by atoms with E-state index in [1.54, 1.807) is 11.3 Å². The third-order valence-corrected chi connectivity index (χ3v) is 4.04. The lowest BCUT2D eigenvalue weighted by Crippen LogP contribution is -2.10. The van der Waals surface area contributed by atoms with Gasteiger partial charge in [-0.2, -0.15) is 4.98 Å². The predicted molar refractivity (Wildman–Crippen MR) is 69.3 cm³/mol. The molecule has 2 N–H and O–H groups in total. The Kier molecular flexibility index (Phi) is 2.84. The van der Waals surface area contributed by atoms with Gasteiger partial charge in [-0.15, -0.1) is 11.3 Å². The number of anilines is 1. The van der Waals surface area contributed by atoms with Crippen molar-refractivity contribution in [1.82, 2.24) is 9.97 Å². The lowest BCUT2D eigenvalue weighted by atomic mass is 10.1. The summed E-state index contributed by atoms with van der Waals surface area (Å²) in [6.07, 6.45) is 5.20. The van der Waals surface area contributed by atoms with Crippen LogP contribution in [-0.2, 0) is 0 Å². The Bertz CT molecular complexity index is 519. The van der Waals surface area contributed by atoms with Crippen LogP contribution in [0.5, 0.6) is 5.88 Å². The van der Waals surface area contributed by atoms with E-state index in [1.807, 2.05) is 11.4 Å². The van der Waals surface area contributed by atoms with Gasteiger partial charge in [-0.3, -0.25) is 0 Å². The van der Waals surface area contributed by atoms with E-state index in [1.165, 1.54) is 25.7 Å². The van der Waals surface area contributed by atoms with Gasteiger partial charge in [0.05, 0.1) is 12.0 Å². The first-order chi connectivity index (χ1) is 8.33. The normalized spacial score (nSPS) is 16.7. The molecule has 4 nitrogen and oxygen atoms in total. The largest absolute Gasteiger partial charge is 0.477 e. The zero-order chi connectivity index (χ0) is 11.7. The van der Waals surface area contributed by atoms with Crippen molar-refractivity contribution in [3.8, 4) is 5.88 Å². The van der Waals surface area contributed by atoms with E-state index in [-0.39, 0.29) is 0 Å². The van der Waals surface area contributed by atoms with Crippen molar-refractivity contribution in [3.05, 3.63) is 11.4 Å². The molecule has 1 aliphatic carbocycles. The number of fused-ring (bicyclic) bond motifs is 1. The maximum atomic E-state index is 5.82. The Morgan fingerprint density at radius 2 is 2.18 bits per heavy atom. The van der Waals surface area contributed by atoms with Crippen molar-refractivity contribution in [2.24, 2.45) is 5.92 Å². The zero-order valence-corrected chi connectivity index (χ0v) is 10.4. The van der Waals surface area contributed by atoms with Gasteiger partial charge in [-0.05, 0) is 30.2 Å². The summed E-state index contributed by atoms with van der Waals surface area (Å²) in [6.45, 7) is 0.751. The Labute approximate surface area is 104 Å². The summed E-state index contributed by atoms with van der Waals surface area (Å²) in [4.78, 5) is 9.27. The molecule has 3 rings (SSSR count). The standard InChI is InChI=1S/C12H15N3OS/c13-12-14-10(9-5-6-17-11(9)15-12)16-7-8-3-1-2-4-8/h5-6,8H,1-4,7H2,(H2,13,14,15). The SMILES string of the molecule is Nc1nc(OCC2CCCC2)c2ccsc2n1. The molecule has 2 heterocycles. The molecule has 0 bridgehead atoms. The number of rotatable bonds is 3. The molecule has 0 spiro atoms. The summed E-state index contributed by atoms with van der Waals surface area (Å²) in [7, 11) is 0. The van der Waals surface area contributed by atoms with Crippen molar-refractivity contribution in [1.29, 1.82) is 0 Å². The minimum Gasteiger partial charge on any atom is -0.477 e. The van der Waals surface area contributed by atoms with Crippen LogP contribution in [0.25, 0.3) is 10.2 Å². The maximum Gasteiger partial charge on any atom is 0.227 e. The van der Waals surface area contributed by atoms with Gasteiger partial charge in [0.25, 0.3) is 0 Å². The van der Waals surface area contributed by atoms with E-state index in [4.69, 9.17) is 10.5 Å². The summed E-state index contributed by atoms with van der Waals surface area (Å²) in [5.41, 5.74) is 5.67. The second kappa shape index (κ2) is 4.49. The Hall–Kier alpha value is -1.36. The average molecular weight is 249 g/mol. The fraction of sp³-hybridized carbons (Fsp3) is 0.500. The van der Waals surface area contributed by atoms with Crippen LogP contribution in [0.4, 0.5) is 5.95 Å². The second-order valence-electron chi connectivity index (χ2n) is 4.49. The fourth-order valence-corrected chi connectivity index (χ4v) is 3.09. The van der Waals surface area contributed by atoms with Gasteiger partial charge < -0.3 is 10.5 Å². The van der Waals surface area contributed by atoms with Crippen molar-refractivity contribution >= 4 is 27.5 Å². The molecule has 1 fully saturated rings. The maximum absolute atomic E-state index is 5.82. The zero-order valence-electron chi connectivity index (χ0n) is 9.56. The number of nitrogen functional groups attached to an aromatic ring is 1. The van der Waals surface area contributed by atoms with E-state index >= 15 is 0 Å². The number of nitrogens with zero attached hydrogens (tertiary/aromatic N) is 2. The van der Waals surface area contributed by atoms with Gasteiger partial charge in [0.15, 0.2) is 0 Å². The monoisotopic (exact) mass is 249 g/mol. The highest BCUT2D eigenvalue weighted by molar-refractivity contribution is 7.16. The number of ether oxygens (including phenoxy) is 1. The Balaban J connectivity index is 1.81. The molecule has 1 saturated carbocycles. The van der Waals surface area contributed by atoms with Crippen LogP contribution in [0.1, 0.15) is 25.7 Å². The molecule has 0 saturated heterocycles. The van der Waals surface area contributed by atoms with Crippen molar-refractivity contribution in [2.45, 2.75) is 25.7 Å². The smallest absolute Gasteiger partial charge is 0.227 e. The topological polar surface area (TPSA) is 61.0 Å². The Morgan fingerprint density at radius 3 is 3.00 bits per heavy atom. The van der Waals surface area contributed by atoms with Crippen molar-refractivity contribution in [3.63, 3.8) is 0 Å². The van der Waals surface area contributed by atoms with Gasteiger partial charge in [0.2, 0.25) is 11.8 Å². The van der Waals surface area contributed by atoms with Gasteiger partial charge in [-0.25, -0.2) is 4.98 Å². The molecular weight excluding hydrogens is 234 g/mol. The summed E-state index contributed by atoms with van der Waals surface area (Å²) in [6, 6.07) is 1.99. The van der Waals surface area contributed by atoms with Crippen molar-refractivity contribution in [2.75, 3.05) is 12.3 Å². The van der Waals surface area contributed by atoms with E-state index in [9.17, 15) is 0 Å². The molecule has 90 valence electrons. The summed E-state index contributed by atoms with van der Waals surface area (Å²) in [5.74, 6) is 1.61. The molecule has 0 atom stereocenters. The van der Waals surface area contributed by atoms with Crippen LogP contribution in [0.3, 0.4) is 0 Å². The van der Waals surface area contributed by atoms with E-state index in [0.29, 0.717) is 17.7 Å². The number of hydrogen-bond acceptors (Lipinski definition) is 5. The van der Waals surface area contributed by atoms with Crippen LogP contribution in [0, 0.1) is 5.92 Å². The summed E-state index contributed by atoms with van der Waals surface area (Å²) < 4.78 is 5.82. The van der Waals surface area contributed by atoms with Crippen molar-refractivity contribution < 1.29 is 4.74 Å². The molecule has 5 heteroatoms.